The topological polar surface area (TPSA) is 71.1 Å². The third-order valence-corrected chi connectivity index (χ3v) is 6.23. The number of fused-ring (bicyclic) bond motifs is 1. The van der Waals surface area contributed by atoms with Gasteiger partial charge in [-0.05, 0) is 31.0 Å². The van der Waals surface area contributed by atoms with Crippen molar-refractivity contribution in [3.8, 4) is 5.75 Å². The molecule has 8 heteroatoms. The molecule has 0 aliphatic carbocycles. The average Bonchev–Trinajstić information content (AvgIpc) is 2.80. The van der Waals surface area contributed by atoms with Gasteiger partial charge in [0.05, 0.1) is 11.7 Å². The molecule has 0 radical (unpaired) electrons. The molecule has 1 N–H and O–H groups in total. The Labute approximate surface area is 200 Å². The van der Waals surface area contributed by atoms with Gasteiger partial charge in [0.15, 0.2) is 0 Å². The minimum atomic E-state index is -0.242. The smallest absolute Gasteiger partial charge is 0.257 e. The number of halogens is 1. The van der Waals surface area contributed by atoms with Crippen LogP contribution in [0.1, 0.15) is 36.7 Å². The summed E-state index contributed by atoms with van der Waals surface area (Å²) in [5.74, 6) is -0.167. The molecule has 0 spiro atoms. The van der Waals surface area contributed by atoms with Gasteiger partial charge in [-0.1, -0.05) is 25.1 Å². The van der Waals surface area contributed by atoms with Crippen LogP contribution in [0.25, 0.3) is 0 Å². The molecule has 0 fully saturated rings. The summed E-state index contributed by atoms with van der Waals surface area (Å²) < 4.78 is 26.3. The summed E-state index contributed by atoms with van der Waals surface area (Å²) in [6, 6.07) is 11.7. The molecule has 0 bridgehead atoms. The zero-order valence-electron chi connectivity index (χ0n) is 20.5. The van der Waals surface area contributed by atoms with Crippen LogP contribution in [0, 0.1) is 11.7 Å². The van der Waals surface area contributed by atoms with E-state index in [0.29, 0.717) is 42.2 Å². The molecule has 0 unspecified atom stereocenters. The number of nitrogens with one attached hydrogen (secondary N) is 1. The van der Waals surface area contributed by atoms with Crippen molar-refractivity contribution in [1.82, 2.24) is 9.80 Å². The van der Waals surface area contributed by atoms with Gasteiger partial charge in [-0.3, -0.25) is 14.5 Å². The second-order valence-electron chi connectivity index (χ2n) is 9.01. The van der Waals surface area contributed by atoms with Gasteiger partial charge in [0.2, 0.25) is 5.91 Å². The molecule has 1 heterocycles. The third-order valence-electron chi connectivity index (χ3n) is 6.23. The van der Waals surface area contributed by atoms with Crippen LogP contribution in [-0.2, 0) is 16.1 Å². The molecule has 7 nitrogen and oxygen atoms in total. The number of hydrogen-bond donors (Lipinski definition) is 1. The summed E-state index contributed by atoms with van der Waals surface area (Å²) in [5.41, 5.74) is 1.57. The van der Waals surface area contributed by atoms with Crippen molar-refractivity contribution in [2.75, 3.05) is 39.2 Å². The molecule has 1 aliphatic heterocycles. The van der Waals surface area contributed by atoms with Crippen molar-refractivity contribution < 1.29 is 23.5 Å². The number of carbonyl (C=O) groups excluding carboxylic acids is 2. The van der Waals surface area contributed by atoms with E-state index >= 15 is 0 Å². The summed E-state index contributed by atoms with van der Waals surface area (Å²) >= 11 is 0. The number of rotatable bonds is 4. The Kier molecular flexibility index (Phi) is 8.63. The number of nitrogens with zero attached hydrogens (tertiary/aromatic N) is 2. The van der Waals surface area contributed by atoms with Crippen molar-refractivity contribution in [2.24, 2.45) is 5.92 Å². The first-order chi connectivity index (χ1) is 16.2. The highest BCUT2D eigenvalue weighted by molar-refractivity contribution is 5.98. The minimum absolute atomic E-state index is 0.0792. The molecule has 184 valence electrons. The largest absolute Gasteiger partial charge is 0.491 e. The van der Waals surface area contributed by atoms with Gasteiger partial charge in [0.25, 0.3) is 5.91 Å². The standard InChI is InChI=1S/C26H34FN3O4/c1-17-13-30(14-20-8-6-7-9-23(20)27)18(2)16-34-24-12-21(28-19(3)31)10-11-22(24)26(32)29(4)15-25(17)33-5/h6-12,17-18,25H,13-16H2,1-5H3,(H,28,31)/t17-,18+,25+/m1/s1. The number of likely N-dealkylation sites (N-methyl/N-ethyl adjacent to an activating group) is 1. The van der Waals surface area contributed by atoms with E-state index in [1.165, 1.54) is 13.0 Å². The lowest BCUT2D eigenvalue weighted by Crippen LogP contribution is -2.46. The van der Waals surface area contributed by atoms with Crippen molar-refractivity contribution in [1.29, 1.82) is 0 Å². The number of carbonyl (C=O) groups is 2. The molecule has 0 saturated carbocycles. The van der Waals surface area contributed by atoms with Crippen LogP contribution in [-0.4, -0.2) is 67.6 Å². The quantitative estimate of drug-likeness (QED) is 0.735. The Morgan fingerprint density at radius 3 is 2.62 bits per heavy atom. The Balaban J connectivity index is 1.96. The molecular formula is C26H34FN3O4. The van der Waals surface area contributed by atoms with Crippen molar-refractivity contribution >= 4 is 17.5 Å². The third kappa shape index (κ3) is 6.33. The van der Waals surface area contributed by atoms with Crippen LogP contribution in [0.15, 0.2) is 42.5 Å². The van der Waals surface area contributed by atoms with Gasteiger partial charge in [-0.15, -0.1) is 0 Å². The van der Waals surface area contributed by atoms with Crippen LogP contribution in [0.4, 0.5) is 10.1 Å². The van der Waals surface area contributed by atoms with E-state index in [1.807, 2.05) is 13.0 Å². The monoisotopic (exact) mass is 471 g/mol. The number of ether oxygens (including phenoxy) is 2. The Bertz CT molecular complexity index is 1020. The van der Waals surface area contributed by atoms with E-state index in [4.69, 9.17) is 9.47 Å². The first kappa shape index (κ1) is 25.6. The van der Waals surface area contributed by atoms with E-state index in [2.05, 4.69) is 17.1 Å². The fourth-order valence-corrected chi connectivity index (χ4v) is 4.19. The summed E-state index contributed by atoms with van der Waals surface area (Å²) in [4.78, 5) is 28.6. The maximum atomic E-state index is 14.4. The van der Waals surface area contributed by atoms with E-state index in [-0.39, 0.29) is 42.3 Å². The lowest BCUT2D eigenvalue weighted by Gasteiger charge is -2.36. The van der Waals surface area contributed by atoms with E-state index in [1.54, 1.807) is 49.4 Å². The van der Waals surface area contributed by atoms with Crippen LogP contribution < -0.4 is 10.1 Å². The second kappa shape index (κ2) is 11.4. The molecular weight excluding hydrogens is 437 g/mol. The fourth-order valence-electron chi connectivity index (χ4n) is 4.19. The van der Waals surface area contributed by atoms with Crippen LogP contribution in [0.2, 0.25) is 0 Å². The number of benzene rings is 2. The summed E-state index contributed by atoms with van der Waals surface area (Å²) in [5, 5.41) is 2.73. The number of anilines is 1. The predicted molar refractivity (Wildman–Crippen MR) is 129 cm³/mol. The van der Waals surface area contributed by atoms with Gasteiger partial charge in [0.1, 0.15) is 18.2 Å². The molecule has 0 aromatic heterocycles. The lowest BCUT2D eigenvalue weighted by atomic mass is 10.0. The second-order valence-corrected chi connectivity index (χ2v) is 9.01. The van der Waals surface area contributed by atoms with Crippen LogP contribution >= 0.6 is 0 Å². The van der Waals surface area contributed by atoms with Gasteiger partial charge in [0, 0.05) is 64.1 Å². The molecule has 1 aliphatic rings. The zero-order chi connectivity index (χ0) is 24.8. The Hall–Kier alpha value is -2.97. The SMILES string of the molecule is CO[C@H]1CN(C)C(=O)c2ccc(NC(C)=O)cc2OC[C@H](C)N(Cc2ccccc2F)C[C@H]1C. The molecule has 2 aromatic rings. The van der Waals surface area contributed by atoms with Crippen molar-refractivity contribution in [3.05, 3.63) is 59.4 Å². The molecule has 2 amide bonds. The zero-order valence-corrected chi connectivity index (χ0v) is 20.5. The molecule has 34 heavy (non-hydrogen) atoms. The predicted octanol–water partition coefficient (Wildman–Crippen LogP) is 3.79. The van der Waals surface area contributed by atoms with Gasteiger partial charge in [-0.25, -0.2) is 4.39 Å². The summed E-state index contributed by atoms with van der Waals surface area (Å²) in [6.45, 7) is 7.26. The first-order valence-electron chi connectivity index (χ1n) is 11.5. The maximum absolute atomic E-state index is 14.4. The highest BCUT2D eigenvalue weighted by Crippen LogP contribution is 2.27. The van der Waals surface area contributed by atoms with Gasteiger partial charge >= 0.3 is 0 Å². The van der Waals surface area contributed by atoms with Gasteiger partial charge in [-0.2, -0.15) is 0 Å². The highest BCUT2D eigenvalue weighted by atomic mass is 19.1. The lowest BCUT2D eigenvalue weighted by molar-refractivity contribution is -0.114. The molecule has 3 rings (SSSR count). The fraction of sp³-hybridized carbons (Fsp3) is 0.462. The van der Waals surface area contributed by atoms with Crippen molar-refractivity contribution in [3.63, 3.8) is 0 Å². The Morgan fingerprint density at radius 1 is 1.21 bits per heavy atom. The molecule has 2 aromatic carbocycles. The number of amides is 2. The van der Waals surface area contributed by atoms with Crippen LogP contribution in [0.5, 0.6) is 5.75 Å². The highest BCUT2D eigenvalue weighted by Gasteiger charge is 2.28. The van der Waals surface area contributed by atoms with E-state index in [9.17, 15) is 14.0 Å². The molecule has 3 atom stereocenters. The number of methoxy groups -OCH3 is 1. The maximum Gasteiger partial charge on any atom is 0.257 e. The summed E-state index contributed by atoms with van der Waals surface area (Å²) in [7, 11) is 3.38. The number of hydrogen-bond acceptors (Lipinski definition) is 5. The normalized spacial score (nSPS) is 22.2. The Morgan fingerprint density at radius 2 is 1.94 bits per heavy atom. The van der Waals surface area contributed by atoms with Crippen molar-refractivity contribution in [2.45, 2.75) is 39.5 Å². The first-order valence-corrected chi connectivity index (χ1v) is 11.5. The van der Waals surface area contributed by atoms with E-state index in [0.717, 1.165) is 0 Å². The van der Waals surface area contributed by atoms with Gasteiger partial charge < -0.3 is 19.7 Å². The summed E-state index contributed by atoms with van der Waals surface area (Å²) in [6.07, 6.45) is -0.202. The minimum Gasteiger partial charge on any atom is -0.491 e. The van der Waals surface area contributed by atoms with E-state index < -0.39 is 0 Å². The molecule has 0 saturated heterocycles. The average molecular weight is 472 g/mol. The van der Waals surface area contributed by atoms with Crippen LogP contribution in [0.3, 0.4) is 0 Å².